The number of cyclic esters (lactones) is 1. The third-order valence-corrected chi connectivity index (χ3v) is 7.89. The summed E-state index contributed by atoms with van der Waals surface area (Å²) in [7, 11) is 0. The SMILES string of the molecule is CC(=O)NC[C@@H]1OC(=O)N2c3ccc(-c4ccc(C5(C#N)[C@@H]6CN(C(=O)O)C[C@@H]65)nc4)cc3C[C@@H]12. The Labute approximate surface area is 201 Å². The summed E-state index contributed by atoms with van der Waals surface area (Å²) in [4.78, 5) is 42.6. The first kappa shape index (κ1) is 21.4. The van der Waals surface area contributed by atoms with Crippen LogP contribution >= 0.6 is 0 Å². The predicted molar refractivity (Wildman–Crippen MR) is 122 cm³/mol. The first-order valence-corrected chi connectivity index (χ1v) is 11.6. The van der Waals surface area contributed by atoms with E-state index >= 15 is 0 Å². The molecule has 3 fully saturated rings. The second-order valence-corrected chi connectivity index (χ2v) is 9.66. The fraction of sp³-hybridized carbons (Fsp3) is 0.400. The molecule has 10 heteroatoms. The molecule has 1 aliphatic carbocycles. The molecule has 1 aromatic heterocycles. The van der Waals surface area contributed by atoms with E-state index in [4.69, 9.17) is 4.74 Å². The molecule has 1 saturated carbocycles. The molecule has 4 heterocycles. The van der Waals surface area contributed by atoms with E-state index in [0.29, 0.717) is 25.2 Å². The van der Waals surface area contributed by atoms with Crippen LogP contribution in [0.5, 0.6) is 0 Å². The number of amides is 3. The number of nitrogens with one attached hydrogen (secondary N) is 1. The molecule has 2 N–H and O–H groups in total. The number of likely N-dealkylation sites (tertiary alicyclic amines) is 1. The lowest BCUT2D eigenvalue weighted by Gasteiger charge is -2.20. The molecular formula is C25H23N5O5. The molecule has 1 unspecified atom stereocenters. The second kappa shape index (κ2) is 7.43. The number of benzene rings is 1. The van der Waals surface area contributed by atoms with Crippen LogP contribution in [-0.2, 0) is 21.4 Å². The Morgan fingerprint density at radius 1 is 1.26 bits per heavy atom. The molecule has 35 heavy (non-hydrogen) atoms. The third-order valence-electron chi connectivity index (χ3n) is 7.89. The molecule has 1 aromatic carbocycles. The topological polar surface area (TPSA) is 136 Å². The van der Waals surface area contributed by atoms with Gasteiger partial charge in [-0.2, -0.15) is 5.26 Å². The van der Waals surface area contributed by atoms with E-state index < -0.39 is 23.7 Å². The number of rotatable bonds is 4. The summed E-state index contributed by atoms with van der Waals surface area (Å²) in [6.45, 7) is 2.44. The van der Waals surface area contributed by atoms with Gasteiger partial charge in [-0.05, 0) is 35.7 Å². The number of pyridine rings is 1. The molecule has 4 aliphatic rings. The Hall–Kier alpha value is -4.13. The van der Waals surface area contributed by atoms with Crippen LogP contribution in [-0.4, -0.2) is 64.9 Å². The highest BCUT2D eigenvalue weighted by Gasteiger charge is 2.71. The fourth-order valence-electron chi connectivity index (χ4n) is 6.08. The number of carbonyl (C=O) groups is 3. The lowest BCUT2D eigenvalue weighted by atomic mass is 9.95. The normalized spacial score (nSPS) is 29.7. The number of piperidine rings is 1. The molecule has 6 rings (SSSR count). The monoisotopic (exact) mass is 473 g/mol. The van der Waals surface area contributed by atoms with Crippen molar-refractivity contribution in [3.05, 3.63) is 47.8 Å². The zero-order valence-electron chi connectivity index (χ0n) is 19.0. The lowest BCUT2D eigenvalue weighted by molar-refractivity contribution is -0.119. The Bertz CT molecular complexity index is 1290. The quantitative estimate of drug-likeness (QED) is 0.694. The van der Waals surface area contributed by atoms with Gasteiger partial charge in [0.25, 0.3) is 0 Å². The maximum atomic E-state index is 12.5. The molecule has 0 radical (unpaired) electrons. The fourth-order valence-corrected chi connectivity index (χ4v) is 6.08. The van der Waals surface area contributed by atoms with Crippen LogP contribution in [0.25, 0.3) is 11.1 Å². The molecule has 2 saturated heterocycles. The number of nitrogens with zero attached hydrogens (tertiary/aromatic N) is 4. The van der Waals surface area contributed by atoms with Gasteiger partial charge in [-0.3, -0.25) is 14.7 Å². The summed E-state index contributed by atoms with van der Waals surface area (Å²) >= 11 is 0. The number of hydrogen-bond acceptors (Lipinski definition) is 6. The van der Waals surface area contributed by atoms with Crippen molar-refractivity contribution in [2.24, 2.45) is 11.8 Å². The van der Waals surface area contributed by atoms with Gasteiger partial charge in [0.05, 0.1) is 30.0 Å². The second-order valence-electron chi connectivity index (χ2n) is 9.66. The van der Waals surface area contributed by atoms with Crippen molar-refractivity contribution in [3.8, 4) is 17.2 Å². The van der Waals surface area contributed by atoms with Gasteiger partial charge < -0.3 is 20.1 Å². The van der Waals surface area contributed by atoms with Crippen LogP contribution in [0.15, 0.2) is 36.5 Å². The highest BCUT2D eigenvalue weighted by atomic mass is 16.6. The molecule has 178 valence electrons. The summed E-state index contributed by atoms with van der Waals surface area (Å²) in [5, 5.41) is 21.8. The molecule has 5 atom stereocenters. The van der Waals surface area contributed by atoms with Crippen LogP contribution in [0.2, 0.25) is 0 Å². The van der Waals surface area contributed by atoms with Crippen molar-refractivity contribution >= 4 is 23.8 Å². The molecule has 3 aliphatic heterocycles. The highest BCUT2D eigenvalue weighted by molar-refractivity contribution is 5.94. The van der Waals surface area contributed by atoms with Gasteiger partial charge in [-0.1, -0.05) is 12.1 Å². The van der Waals surface area contributed by atoms with Gasteiger partial charge in [-0.15, -0.1) is 0 Å². The van der Waals surface area contributed by atoms with E-state index in [-0.39, 0.29) is 30.3 Å². The van der Waals surface area contributed by atoms with E-state index in [2.05, 4.69) is 16.4 Å². The molecule has 0 bridgehead atoms. The van der Waals surface area contributed by atoms with E-state index in [1.807, 2.05) is 30.3 Å². The van der Waals surface area contributed by atoms with E-state index in [0.717, 1.165) is 22.4 Å². The third kappa shape index (κ3) is 3.07. The van der Waals surface area contributed by atoms with Crippen LogP contribution in [0.3, 0.4) is 0 Å². The number of nitriles is 1. The van der Waals surface area contributed by atoms with Crippen molar-refractivity contribution in [1.82, 2.24) is 15.2 Å². The Kier molecular flexibility index (Phi) is 4.55. The maximum Gasteiger partial charge on any atom is 0.415 e. The van der Waals surface area contributed by atoms with E-state index in [1.54, 1.807) is 11.1 Å². The zero-order valence-corrected chi connectivity index (χ0v) is 19.0. The van der Waals surface area contributed by atoms with Crippen LogP contribution in [0.1, 0.15) is 18.2 Å². The minimum absolute atomic E-state index is 0.0133. The number of hydrogen-bond donors (Lipinski definition) is 2. The van der Waals surface area contributed by atoms with Crippen LogP contribution in [0, 0.1) is 23.2 Å². The number of aromatic nitrogens is 1. The number of fused-ring (bicyclic) bond motifs is 4. The van der Waals surface area contributed by atoms with Gasteiger partial charge in [0.1, 0.15) is 11.5 Å². The molecular weight excluding hydrogens is 450 g/mol. The molecule has 10 nitrogen and oxygen atoms in total. The minimum Gasteiger partial charge on any atom is -0.465 e. The first-order valence-electron chi connectivity index (χ1n) is 11.6. The zero-order chi connectivity index (χ0) is 24.5. The predicted octanol–water partition coefficient (Wildman–Crippen LogP) is 2.14. The average molecular weight is 473 g/mol. The van der Waals surface area contributed by atoms with Gasteiger partial charge in [-0.25, -0.2) is 9.59 Å². The van der Waals surface area contributed by atoms with E-state index in [9.17, 15) is 24.8 Å². The van der Waals surface area contributed by atoms with Crippen molar-refractivity contribution in [3.63, 3.8) is 0 Å². The van der Waals surface area contributed by atoms with Crippen LogP contribution < -0.4 is 10.2 Å². The lowest BCUT2D eigenvalue weighted by Crippen LogP contribution is -2.40. The highest BCUT2D eigenvalue weighted by Crippen LogP contribution is 2.62. The summed E-state index contributed by atoms with van der Waals surface area (Å²) < 4.78 is 5.46. The van der Waals surface area contributed by atoms with Crippen molar-refractivity contribution in [2.75, 3.05) is 24.5 Å². The molecule has 2 aromatic rings. The largest absolute Gasteiger partial charge is 0.465 e. The smallest absolute Gasteiger partial charge is 0.415 e. The molecule has 0 spiro atoms. The van der Waals surface area contributed by atoms with Crippen LogP contribution in [0.4, 0.5) is 15.3 Å². The molecule has 3 amide bonds. The average Bonchev–Trinajstić information content (AvgIpc) is 3.21. The van der Waals surface area contributed by atoms with E-state index in [1.165, 1.54) is 11.8 Å². The Balaban J connectivity index is 1.21. The number of ether oxygens (including phenoxy) is 1. The minimum atomic E-state index is -0.945. The number of carbonyl (C=O) groups excluding carboxylic acids is 2. The Morgan fingerprint density at radius 2 is 2.00 bits per heavy atom. The van der Waals surface area contributed by atoms with Crippen molar-refractivity contribution in [2.45, 2.75) is 30.9 Å². The first-order chi connectivity index (χ1) is 16.8. The number of anilines is 1. The summed E-state index contributed by atoms with van der Waals surface area (Å²) in [6, 6.07) is 12.0. The number of carboxylic acid groups (broad SMARTS) is 1. The summed E-state index contributed by atoms with van der Waals surface area (Å²) in [5.41, 5.74) is 3.67. The van der Waals surface area contributed by atoms with Crippen molar-refractivity contribution < 1.29 is 24.2 Å². The van der Waals surface area contributed by atoms with Crippen molar-refractivity contribution in [1.29, 1.82) is 5.26 Å². The Morgan fingerprint density at radius 3 is 2.63 bits per heavy atom. The van der Waals surface area contributed by atoms with Gasteiger partial charge in [0, 0.05) is 43.6 Å². The van der Waals surface area contributed by atoms with Gasteiger partial charge in [0.15, 0.2) is 0 Å². The van der Waals surface area contributed by atoms with Gasteiger partial charge >= 0.3 is 12.2 Å². The summed E-state index contributed by atoms with van der Waals surface area (Å²) in [6.07, 6.45) is 0.634. The standard InChI is InChI=1S/C25H23N5O5/c1-13(31)27-9-21-20-7-16-6-14(2-4-19(16)30(20)24(34)35-21)15-3-5-22(28-8-15)25(12-26)17-10-29(23(32)33)11-18(17)25/h2-6,8,17-18,20-21H,7,9-11H2,1H3,(H,27,31)(H,32,33)/t17-,18+,20-,21-,25?/m0/s1. The van der Waals surface area contributed by atoms with Gasteiger partial charge in [0.2, 0.25) is 5.91 Å². The summed E-state index contributed by atoms with van der Waals surface area (Å²) in [5.74, 6) is -0.193. The maximum absolute atomic E-state index is 12.5.